The molecule has 3 aromatic rings. The van der Waals surface area contributed by atoms with Gasteiger partial charge in [-0.15, -0.1) is 5.10 Å². The van der Waals surface area contributed by atoms with Crippen LogP contribution in [-0.4, -0.2) is 88.9 Å². The molecule has 12 nitrogen and oxygen atoms in total. The van der Waals surface area contributed by atoms with Gasteiger partial charge in [-0.1, -0.05) is 28.6 Å². The molecule has 0 aromatic carbocycles. The zero-order chi connectivity index (χ0) is 26.6. The number of amides is 1. The number of hydrogen-bond acceptors (Lipinski definition) is 10. The summed E-state index contributed by atoms with van der Waals surface area (Å²) < 4.78 is 15.5. The van der Waals surface area contributed by atoms with E-state index in [9.17, 15) is 15.0 Å². The number of nitrogens with one attached hydrogen (secondary N) is 1. The second-order valence-electron chi connectivity index (χ2n) is 9.88. The van der Waals surface area contributed by atoms with Crippen LogP contribution in [0.1, 0.15) is 35.8 Å². The van der Waals surface area contributed by atoms with Crippen LogP contribution in [0.5, 0.6) is 0 Å². The number of ether oxygens (including phenoxy) is 2. The zero-order valence-corrected chi connectivity index (χ0v) is 23.3. The van der Waals surface area contributed by atoms with Gasteiger partial charge in [-0.25, -0.2) is 14.3 Å². The molecule has 0 spiro atoms. The van der Waals surface area contributed by atoms with E-state index in [0.29, 0.717) is 20.3 Å². The first kappa shape index (κ1) is 26.2. The van der Waals surface area contributed by atoms with E-state index in [1.807, 2.05) is 0 Å². The van der Waals surface area contributed by atoms with Crippen LogP contribution in [0.25, 0.3) is 5.82 Å². The second kappa shape index (κ2) is 10.2. The lowest BCUT2D eigenvalue weighted by Gasteiger charge is -2.61. The van der Waals surface area contributed by atoms with Gasteiger partial charge in [0.1, 0.15) is 35.5 Å². The molecule has 15 heteroatoms. The predicted octanol–water partition coefficient (Wildman–Crippen LogP) is 1.98. The fraction of sp³-hybridized carbons (Fsp3) is 0.522. The van der Waals surface area contributed by atoms with Crippen LogP contribution < -0.4 is 5.32 Å². The number of halogens is 2. The lowest BCUT2D eigenvalue weighted by atomic mass is 9.50. The first-order chi connectivity index (χ1) is 18.3. The monoisotopic (exact) mass is 625 g/mol. The van der Waals surface area contributed by atoms with Gasteiger partial charge in [0, 0.05) is 34.4 Å². The molecule has 3 N–H and O–H groups in total. The third-order valence-electron chi connectivity index (χ3n) is 7.39. The summed E-state index contributed by atoms with van der Waals surface area (Å²) in [6.07, 6.45) is 5.03. The molecule has 1 saturated heterocycles. The van der Waals surface area contributed by atoms with Gasteiger partial charge in [0.2, 0.25) is 0 Å². The Kier molecular flexibility index (Phi) is 6.99. The second-order valence-corrected chi connectivity index (χ2v) is 12.3. The Morgan fingerprint density at radius 1 is 1.42 bits per heavy atom. The van der Waals surface area contributed by atoms with Crippen molar-refractivity contribution in [2.45, 2.75) is 59.5 Å². The highest BCUT2D eigenvalue weighted by Gasteiger charge is 2.57. The summed E-state index contributed by atoms with van der Waals surface area (Å²) in [5.74, 6) is 0.873. The number of aliphatic hydroxyl groups is 2. The van der Waals surface area contributed by atoms with E-state index in [4.69, 9.17) is 21.1 Å². The van der Waals surface area contributed by atoms with Crippen LogP contribution in [0, 0.1) is 5.92 Å². The standard InChI is InChI=1S/C23H25BrClN7O5S/c1-36-20-18(32-9-16(28-30-32)31-3-2-15(25)29-31)19(34)13(10-33)37-22(20)38-14-4-12(24)8-26-17(14)21(35)27-23-5-11(6-23)7-23/h2-4,8-9,11,13,18-20,22,33-34H,5-7,10H2,1H3,(H,27,35)/t11?,13?,18-,19-,20?,22+,23?/m0/s1. The van der Waals surface area contributed by atoms with Gasteiger partial charge < -0.3 is 25.0 Å². The summed E-state index contributed by atoms with van der Waals surface area (Å²) in [7, 11) is 1.50. The van der Waals surface area contributed by atoms with Crippen molar-refractivity contribution in [1.82, 2.24) is 35.1 Å². The van der Waals surface area contributed by atoms with E-state index >= 15 is 0 Å². The lowest BCUT2D eigenvalue weighted by molar-refractivity contribution is -0.186. The van der Waals surface area contributed by atoms with E-state index in [-0.39, 0.29) is 17.1 Å². The predicted molar refractivity (Wildman–Crippen MR) is 139 cm³/mol. The van der Waals surface area contributed by atoms with Crippen LogP contribution in [-0.2, 0) is 9.47 Å². The third-order valence-corrected chi connectivity index (χ3v) is 9.20. The van der Waals surface area contributed by atoms with E-state index in [2.05, 4.69) is 41.6 Å². The van der Waals surface area contributed by atoms with Crippen LogP contribution in [0.3, 0.4) is 0 Å². The van der Waals surface area contributed by atoms with E-state index in [1.54, 1.807) is 30.7 Å². The van der Waals surface area contributed by atoms with Crippen molar-refractivity contribution in [3.05, 3.63) is 46.0 Å². The first-order valence-electron chi connectivity index (χ1n) is 12.0. The average molecular weight is 627 g/mol. The molecular formula is C23H25BrClN7O5S. The molecular weight excluding hydrogens is 602 g/mol. The highest BCUT2D eigenvalue weighted by molar-refractivity contribution is 9.10. The van der Waals surface area contributed by atoms with Gasteiger partial charge in [-0.3, -0.25) is 4.79 Å². The van der Waals surface area contributed by atoms with Crippen molar-refractivity contribution >= 4 is 45.2 Å². The Hall–Kier alpha value is -2.07. The molecule has 3 aliphatic carbocycles. The minimum Gasteiger partial charge on any atom is -0.394 e. The van der Waals surface area contributed by atoms with E-state index in [0.717, 1.165) is 25.2 Å². The Morgan fingerprint density at radius 3 is 2.84 bits per heavy atom. The molecule has 4 fully saturated rings. The van der Waals surface area contributed by atoms with E-state index < -0.39 is 36.4 Å². The number of rotatable bonds is 8. The molecule has 3 aromatic heterocycles. The fourth-order valence-corrected chi connectivity index (χ4v) is 7.32. The Bertz CT molecular complexity index is 1340. The topological polar surface area (TPSA) is 149 Å². The average Bonchev–Trinajstić information content (AvgIpc) is 3.50. The largest absolute Gasteiger partial charge is 0.394 e. The van der Waals surface area contributed by atoms with Crippen molar-refractivity contribution in [2.75, 3.05) is 13.7 Å². The smallest absolute Gasteiger partial charge is 0.271 e. The Balaban J connectivity index is 1.29. The molecule has 5 atom stereocenters. The number of methoxy groups -OCH3 is 1. The molecule has 7 rings (SSSR count). The Labute approximate surface area is 235 Å². The molecule has 1 aliphatic heterocycles. The normalized spacial score (nSPS) is 31.9. The minimum absolute atomic E-state index is 0.102. The molecule has 1 amide bonds. The van der Waals surface area contributed by atoms with Gasteiger partial charge in [-0.05, 0) is 53.2 Å². The molecule has 38 heavy (non-hydrogen) atoms. The number of hydrogen-bond donors (Lipinski definition) is 3. The van der Waals surface area contributed by atoms with Gasteiger partial charge in [0.25, 0.3) is 5.91 Å². The summed E-state index contributed by atoms with van der Waals surface area (Å²) in [5.41, 5.74) is -0.548. The number of aromatic nitrogens is 6. The van der Waals surface area contributed by atoms with Gasteiger partial charge in [0.15, 0.2) is 11.0 Å². The van der Waals surface area contributed by atoms with Crippen molar-refractivity contribution in [2.24, 2.45) is 5.92 Å². The maximum Gasteiger partial charge on any atom is 0.271 e. The van der Waals surface area contributed by atoms with Gasteiger partial charge >= 0.3 is 0 Å². The highest BCUT2D eigenvalue weighted by Crippen LogP contribution is 2.57. The SMILES string of the molecule is COC1[C@@H](Sc2cc(Br)cnc2C(=O)NC23CC(C2)C3)OC(CO)[C@H](O)[C@@H]1n1cc(-n2ccc(Cl)n2)nn1. The summed E-state index contributed by atoms with van der Waals surface area (Å²) in [6.45, 7) is -0.435. The molecule has 202 valence electrons. The first-order valence-corrected chi connectivity index (χ1v) is 14.1. The van der Waals surface area contributed by atoms with Gasteiger partial charge in [-0.2, -0.15) is 5.10 Å². The molecule has 4 aliphatic rings. The number of pyridine rings is 1. The van der Waals surface area contributed by atoms with Crippen LogP contribution in [0.2, 0.25) is 5.15 Å². The zero-order valence-electron chi connectivity index (χ0n) is 20.1. The Morgan fingerprint density at radius 2 is 2.21 bits per heavy atom. The summed E-state index contributed by atoms with van der Waals surface area (Å²) in [4.78, 5) is 18.2. The molecule has 2 bridgehead atoms. The molecule has 4 heterocycles. The summed E-state index contributed by atoms with van der Waals surface area (Å²) in [6, 6.07) is 2.64. The van der Waals surface area contributed by atoms with Crippen LogP contribution in [0.15, 0.2) is 40.1 Å². The maximum atomic E-state index is 13.2. The van der Waals surface area contributed by atoms with E-state index in [1.165, 1.54) is 28.2 Å². The fourth-order valence-electron chi connectivity index (χ4n) is 5.39. The van der Waals surface area contributed by atoms with Crippen molar-refractivity contribution in [3.8, 4) is 5.82 Å². The van der Waals surface area contributed by atoms with Crippen LogP contribution >= 0.6 is 39.3 Å². The van der Waals surface area contributed by atoms with Crippen LogP contribution in [0.4, 0.5) is 0 Å². The van der Waals surface area contributed by atoms with Gasteiger partial charge in [0.05, 0.1) is 12.8 Å². The summed E-state index contributed by atoms with van der Waals surface area (Å²) in [5, 5.41) is 37.1. The quantitative estimate of drug-likeness (QED) is 0.339. The highest BCUT2D eigenvalue weighted by atomic mass is 79.9. The number of thioether (sulfide) groups is 1. The maximum absolute atomic E-state index is 13.2. The molecule has 0 radical (unpaired) electrons. The lowest BCUT2D eigenvalue weighted by Crippen LogP contribution is -2.68. The molecule has 2 unspecified atom stereocenters. The number of aliphatic hydroxyl groups excluding tert-OH is 2. The number of carbonyl (C=O) groups is 1. The number of carbonyl (C=O) groups excluding carboxylic acids is 1. The minimum atomic E-state index is -1.16. The molecule has 3 saturated carbocycles. The summed E-state index contributed by atoms with van der Waals surface area (Å²) >= 11 is 10.6. The van der Waals surface area contributed by atoms with Crippen molar-refractivity contribution in [3.63, 3.8) is 0 Å². The number of nitrogens with zero attached hydrogens (tertiary/aromatic N) is 6. The van der Waals surface area contributed by atoms with Crippen molar-refractivity contribution in [1.29, 1.82) is 0 Å². The third kappa shape index (κ3) is 4.65. The van der Waals surface area contributed by atoms with Crippen molar-refractivity contribution < 1.29 is 24.5 Å².